The molecule has 0 aliphatic rings. The van der Waals surface area contributed by atoms with Crippen molar-refractivity contribution < 1.29 is 14.3 Å². The zero-order valence-corrected chi connectivity index (χ0v) is 12.6. The van der Waals surface area contributed by atoms with Crippen molar-refractivity contribution in [3.05, 3.63) is 22.7 Å². The lowest BCUT2D eigenvalue weighted by Gasteiger charge is -2.15. The van der Waals surface area contributed by atoms with E-state index in [0.29, 0.717) is 36.0 Å². The van der Waals surface area contributed by atoms with Crippen molar-refractivity contribution in [2.24, 2.45) is 5.73 Å². The summed E-state index contributed by atoms with van der Waals surface area (Å²) in [5.41, 5.74) is 6.34. The first kappa shape index (κ1) is 17.1. The van der Waals surface area contributed by atoms with E-state index in [-0.39, 0.29) is 18.9 Å². The van der Waals surface area contributed by atoms with Gasteiger partial charge in [-0.1, -0.05) is 11.6 Å². The number of methoxy groups -OCH3 is 1. The number of carbonyl (C=O) groups is 1. The Kier molecular flexibility index (Phi) is 7.37. The third-order valence-electron chi connectivity index (χ3n) is 2.64. The van der Waals surface area contributed by atoms with Gasteiger partial charge in [-0.3, -0.25) is 4.79 Å². The molecule has 0 bridgehead atoms. The Balaban J connectivity index is 2.76. The maximum absolute atomic E-state index is 11.6. The van der Waals surface area contributed by atoms with Crippen molar-refractivity contribution in [1.29, 1.82) is 5.26 Å². The first-order valence-corrected chi connectivity index (χ1v) is 6.83. The second kappa shape index (κ2) is 9.06. The van der Waals surface area contributed by atoms with Crippen molar-refractivity contribution in [2.45, 2.75) is 12.8 Å². The average Bonchev–Trinajstić information content (AvgIpc) is 2.46. The van der Waals surface area contributed by atoms with Crippen LogP contribution in [0, 0.1) is 11.3 Å². The zero-order chi connectivity index (χ0) is 15.7. The molecule has 0 radical (unpaired) electrons. The summed E-state index contributed by atoms with van der Waals surface area (Å²) in [6, 6.07) is 5.29. The van der Waals surface area contributed by atoms with Crippen LogP contribution in [0.4, 0.5) is 0 Å². The van der Waals surface area contributed by atoms with E-state index in [1.54, 1.807) is 12.1 Å². The van der Waals surface area contributed by atoms with Crippen LogP contribution in [0.5, 0.6) is 11.5 Å². The monoisotopic (exact) mass is 311 g/mol. The SMILES string of the molecule is COc1cc(Cl)cc(CCN)c1OCC(=O)NCCC#N. The molecule has 0 aliphatic heterocycles. The molecule has 0 spiro atoms. The zero-order valence-electron chi connectivity index (χ0n) is 11.8. The van der Waals surface area contributed by atoms with E-state index in [9.17, 15) is 4.79 Å². The smallest absolute Gasteiger partial charge is 0.257 e. The van der Waals surface area contributed by atoms with Crippen molar-refractivity contribution >= 4 is 17.5 Å². The largest absolute Gasteiger partial charge is 0.493 e. The summed E-state index contributed by atoms with van der Waals surface area (Å²) in [6.07, 6.45) is 0.816. The fraction of sp³-hybridized carbons (Fsp3) is 0.429. The van der Waals surface area contributed by atoms with Gasteiger partial charge in [0.1, 0.15) is 0 Å². The average molecular weight is 312 g/mol. The molecule has 6 nitrogen and oxygen atoms in total. The number of hydrogen-bond donors (Lipinski definition) is 2. The Morgan fingerprint density at radius 3 is 2.90 bits per heavy atom. The first-order valence-electron chi connectivity index (χ1n) is 6.45. The van der Waals surface area contributed by atoms with Gasteiger partial charge in [0, 0.05) is 23.2 Å². The Hall–Kier alpha value is -1.97. The topological polar surface area (TPSA) is 97.4 Å². The molecule has 1 aromatic rings. The minimum absolute atomic E-state index is 0.166. The summed E-state index contributed by atoms with van der Waals surface area (Å²) in [7, 11) is 1.50. The molecule has 0 saturated carbocycles. The Bertz CT molecular complexity index is 529. The summed E-state index contributed by atoms with van der Waals surface area (Å²) in [6.45, 7) is 0.557. The van der Waals surface area contributed by atoms with E-state index in [1.165, 1.54) is 7.11 Å². The lowest BCUT2D eigenvalue weighted by Crippen LogP contribution is -2.29. The minimum Gasteiger partial charge on any atom is -0.493 e. The van der Waals surface area contributed by atoms with Crippen LogP contribution in [0.3, 0.4) is 0 Å². The van der Waals surface area contributed by atoms with Gasteiger partial charge < -0.3 is 20.5 Å². The molecule has 1 amide bonds. The fourth-order valence-corrected chi connectivity index (χ4v) is 1.96. The Labute approximate surface area is 128 Å². The number of hydrogen-bond acceptors (Lipinski definition) is 5. The number of benzene rings is 1. The van der Waals surface area contributed by atoms with E-state index in [2.05, 4.69) is 5.32 Å². The molecule has 1 rings (SSSR count). The molecule has 0 aliphatic carbocycles. The Morgan fingerprint density at radius 2 is 2.29 bits per heavy atom. The van der Waals surface area contributed by atoms with Gasteiger partial charge in [0.15, 0.2) is 18.1 Å². The fourth-order valence-electron chi connectivity index (χ4n) is 1.73. The molecular formula is C14H18ClN3O3. The highest BCUT2D eigenvalue weighted by atomic mass is 35.5. The summed E-state index contributed by atoms with van der Waals surface area (Å²) < 4.78 is 10.7. The van der Waals surface area contributed by atoms with Crippen LogP contribution in [0.15, 0.2) is 12.1 Å². The normalized spacial score (nSPS) is 9.81. The lowest BCUT2D eigenvalue weighted by molar-refractivity contribution is -0.123. The van der Waals surface area contributed by atoms with Crippen LogP contribution in [0.2, 0.25) is 5.02 Å². The molecule has 0 unspecified atom stereocenters. The van der Waals surface area contributed by atoms with Gasteiger partial charge in [-0.05, 0) is 19.0 Å². The molecule has 0 heterocycles. The molecule has 21 heavy (non-hydrogen) atoms. The predicted molar refractivity (Wildman–Crippen MR) is 79.5 cm³/mol. The van der Waals surface area contributed by atoms with Gasteiger partial charge in [0.05, 0.1) is 19.6 Å². The molecule has 3 N–H and O–H groups in total. The van der Waals surface area contributed by atoms with Crippen LogP contribution >= 0.6 is 11.6 Å². The Morgan fingerprint density at radius 1 is 1.52 bits per heavy atom. The van der Waals surface area contributed by atoms with Gasteiger partial charge in [-0.25, -0.2) is 0 Å². The molecule has 1 aromatic carbocycles. The van der Waals surface area contributed by atoms with Gasteiger partial charge in [-0.2, -0.15) is 5.26 Å². The number of nitriles is 1. The molecule has 7 heteroatoms. The van der Waals surface area contributed by atoms with Gasteiger partial charge in [0.2, 0.25) is 0 Å². The number of nitrogens with zero attached hydrogens (tertiary/aromatic N) is 1. The maximum atomic E-state index is 11.6. The summed E-state index contributed by atoms with van der Waals surface area (Å²) in [5, 5.41) is 11.5. The van der Waals surface area contributed by atoms with Crippen molar-refractivity contribution in [3.63, 3.8) is 0 Å². The molecule has 114 valence electrons. The van der Waals surface area contributed by atoms with E-state index in [4.69, 9.17) is 32.1 Å². The third-order valence-corrected chi connectivity index (χ3v) is 2.85. The quantitative estimate of drug-likeness (QED) is 0.704. The summed E-state index contributed by atoms with van der Waals surface area (Å²) >= 11 is 6.00. The van der Waals surface area contributed by atoms with Crippen molar-refractivity contribution in [1.82, 2.24) is 5.32 Å². The summed E-state index contributed by atoms with van der Waals surface area (Å²) in [5.74, 6) is 0.611. The highest BCUT2D eigenvalue weighted by molar-refractivity contribution is 6.30. The molecule has 0 atom stereocenters. The molecular weight excluding hydrogens is 294 g/mol. The van der Waals surface area contributed by atoms with Crippen molar-refractivity contribution in [2.75, 3.05) is 26.8 Å². The molecule has 0 aromatic heterocycles. The number of carbonyl (C=O) groups excluding carboxylic acids is 1. The maximum Gasteiger partial charge on any atom is 0.257 e. The van der Waals surface area contributed by atoms with E-state index in [1.807, 2.05) is 6.07 Å². The molecule has 0 fully saturated rings. The van der Waals surface area contributed by atoms with E-state index in [0.717, 1.165) is 5.56 Å². The highest BCUT2D eigenvalue weighted by Crippen LogP contribution is 2.34. The van der Waals surface area contributed by atoms with E-state index >= 15 is 0 Å². The van der Waals surface area contributed by atoms with Crippen LogP contribution < -0.4 is 20.5 Å². The van der Waals surface area contributed by atoms with E-state index < -0.39 is 0 Å². The van der Waals surface area contributed by atoms with Crippen molar-refractivity contribution in [3.8, 4) is 17.6 Å². The number of nitrogens with one attached hydrogen (secondary N) is 1. The number of halogens is 1. The van der Waals surface area contributed by atoms with Crippen LogP contribution in [-0.2, 0) is 11.2 Å². The van der Waals surface area contributed by atoms with Gasteiger partial charge in [-0.15, -0.1) is 0 Å². The third kappa shape index (κ3) is 5.50. The number of ether oxygens (including phenoxy) is 2. The standard InChI is InChI=1S/C14H18ClN3O3/c1-20-12-8-11(15)7-10(3-5-17)14(12)21-9-13(19)18-6-2-4-16/h7-8H,2-3,5-6,9,17H2,1H3,(H,18,19). The van der Waals surface area contributed by atoms with Crippen LogP contribution in [0.25, 0.3) is 0 Å². The first-order chi connectivity index (χ1) is 10.1. The van der Waals surface area contributed by atoms with Gasteiger partial charge >= 0.3 is 0 Å². The predicted octanol–water partition coefficient (Wildman–Crippen LogP) is 1.26. The number of nitrogens with two attached hydrogens (primary N) is 1. The number of amides is 1. The highest BCUT2D eigenvalue weighted by Gasteiger charge is 2.14. The second-order valence-electron chi connectivity index (χ2n) is 4.18. The lowest BCUT2D eigenvalue weighted by atomic mass is 10.1. The summed E-state index contributed by atoms with van der Waals surface area (Å²) in [4.78, 5) is 11.6. The second-order valence-corrected chi connectivity index (χ2v) is 4.62. The minimum atomic E-state index is -0.305. The van der Waals surface area contributed by atoms with Crippen LogP contribution in [-0.4, -0.2) is 32.7 Å². The number of rotatable bonds is 8. The molecule has 0 saturated heterocycles. The van der Waals surface area contributed by atoms with Gasteiger partial charge in [0.25, 0.3) is 5.91 Å². The van der Waals surface area contributed by atoms with Crippen LogP contribution in [0.1, 0.15) is 12.0 Å².